The zero-order chi connectivity index (χ0) is 39.1. The minimum atomic E-state index is -4.80. The van der Waals surface area contributed by atoms with Crippen molar-refractivity contribution in [2.45, 2.75) is 161 Å². The molecule has 302 valence electrons. The van der Waals surface area contributed by atoms with Crippen molar-refractivity contribution < 1.29 is 43.0 Å². The monoisotopic (exact) mass is 762 g/mol. The van der Waals surface area contributed by atoms with E-state index >= 15 is 0 Å². The van der Waals surface area contributed by atoms with Crippen molar-refractivity contribution in [1.82, 2.24) is 0 Å². The summed E-state index contributed by atoms with van der Waals surface area (Å²) in [5.41, 5.74) is 0. The highest BCUT2D eigenvalue weighted by atomic mass is 31.2. The van der Waals surface area contributed by atoms with Gasteiger partial charge in [-0.3, -0.25) is 14.1 Å². The minimum absolute atomic E-state index is 0.112. The lowest BCUT2D eigenvalue weighted by molar-refractivity contribution is -0.161. The maximum Gasteiger partial charge on any atom is 0.469 e. The van der Waals surface area contributed by atoms with Crippen molar-refractivity contribution in [3.63, 3.8) is 0 Å². The van der Waals surface area contributed by atoms with Crippen molar-refractivity contribution in [2.24, 2.45) is 0 Å². The third-order valence-electron chi connectivity index (χ3n) is 7.97. The van der Waals surface area contributed by atoms with Gasteiger partial charge >= 0.3 is 19.8 Å². The predicted octanol–water partition coefficient (Wildman–Crippen LogP) is 11.0. The zero-order valence-electron chi connectivity index (χ0n) is 32.7. The highest BCUT2D eigenvalue weighted by Crippen LogP contribution is 2.35. The average molecular weight is 763 g/mol. The van der Waals surface area contributed by atoms with E-state index in [4.69, 9.17) is 19.3 Å². The Balaban J connectivity index is 4.21. The van der Waals surface area contributed by atoms with E-state index in [2.05, 4.69) is 48.8 Å². The van der Waals surface area contributed by atoms with E-state index in [1.54, 1.807) is 6.08 Å². The van der Waals surface area contributed by atoms with Gasteiger partial charge in [0, 0.05) is 12.8 Å². The first-order valence-electron chi connectivity index (χ1n) is 20.0. The Morgan fingerprint density at radius 3 is 1.70 bits per heavy atom. The van der Waals surface area contributed by atoms with E-state index in [0.717, 1.165) is 32.1 Å². The van der Waals surface area contributed by atoms with Crippen LogP contribution in [-0.2, 0) is 28.2 Å². The standard InChI is InChI=1S/C43H71O9P/c1-3-5-7-9-11-12-13-14-15-16-17-18-19-20-25-29-33-37-43(46)52-41(39-51-53(47,48)49)38-50-42(45)36-32-28-24-22-21-23-27-31-35-40(44)34-30-26-10-8-6-4-2/h14-15,17-18,20,22-27,30-31,35,40-41,44H,3-13,16,19,21,28-29,32-34,36-39H2,1-2H3,(H2,47,48,49)/b15-14-,18-17-,24-22-,25-20-,27-23-,30-26-,35-31+/t40-,41-/m1/s1. The van der Waals surface area contributed by atoms with Gasteiger partial charge in [-0.25, -0.2) is 4.57 Å². The first-order chi connectivity index (χ1) is 25.7. The molecule has 0 heterocycles. The van der Waals surface area contributed by atoms with Gasteiger partial charge in [-0.1, -0.05) is 144 Å². The van der Waals surface area contributed by atoms with Crippen LogP contribution in [0.4, 0.5) is 0 Å². The molecule has 53 heavy (non-hydrogen) atoms. The van der Waals surface area contributed by atoms with Gasteiger partial charge in [0.05, 0.1) is 12.7 Å². The number of aliphatic hydroxyl groups excluding tert-OH is 1. The molecule has 0 aromatic heterocycles. The maximum absolute atomic E-state index is 12.4. The summed E-state index contributed by atoms with van der Waals surface area (Å²) in [6, 6.07) is 0. The number of hydrogen-bond donors (Lipinski definition) is 3. The molecule has 0 saturated heterocycles. The first kappa shape index (κ1) is 50.2. The number of unbranched alkanes of at least 4 members (excludes halogenated alkanes) is 11. The second-order valence-corrected chi connectivity index (χ2v) is 14.3. The van der Waals surface area contributed by atoms with Crippen molar-refractivity contribution in [3.8, 4) is 0 Å². The van der Waals surface area contributed by atoms with Crippen LogP contribution in [-0.4, -0.2) is 52.3 Å². The Morgan fingerprint density at radius 2 is 1.08 bits per heavy atom. The largest absolute Gasteiger partial charge is 0.469 e. The van der Waals surface area contributed by atoms with Gasteiger partial charge in [0.15, 0.2) is 6.10 Å². The summed E-state index contributed by atoms with van der Waals surface area (Å²) in [6.45, 7) is 3.47. The second-order valence-electron chi connectivity index (χ2n) is 13.1. The molecule has 10 heteroatoms. The van der Waals surface area contributed by atoms with Gasteiger partial charge in [0.2, 0.25) is 0 Å². The summed E-state index contributed by atoms with van der Waals surface area (Å²) in [6.07, 6.45) is 46.3. The molecule has 0 fully saturated rings. The Labute approximate surface area is 321 Å². The Bertz CT molecular complexity index is 1150. The van der Waals surface area contributed by atoms with Crippen LogP contribution in [0.15, 0.2) is 85.1 Å². The molecular weight excluding hydrogens is 691 g/mol. The molecule has 0 aliphatic heterocycles. The molecule has 0 saturated carbocycles. The van der Waals surface area contributed by atoms with Crippen LogP contribution >= 0.6 is 7.82 Å². The van der Waals surface area contributed by atoms with Crippen molar-refractivity contribution in [1.29, 1.82) is 0 Å². The topological polar surface area (TPSA) is 140 Å². The summed E-state index contributed by atoms with van der Waals surface area (Å²) in [4.78, 5) is 42.7. The minimum Gasteiger partial charge on any atom is -0.462 e. The van der Waals surface area contributed by atoms with Crippen molar-refractivity contribution >= 4 is 19.8 Å². The SMILES string of the molecule is CCCCC/C=C\C[C@@H](O)/C=C/C=C\C/C=C\CCCC(=O)OC[C@H](COP(=O)(O)O)OC(=O)CCC/C=C\C/C=C\C/C=C\CCCCCCCC. The van der Waals surface area contributed by atoms with Gasteiger partial charge in [-0.15, -0.1) is 0 Å². The molecule has 0 aromatic rings. The van der Waals surface area contributed by atoms with Gasteiger partial charge in [0.1, 0.15) is 6.61 Å². The van der Waals surface area contributed by atoms with E-state index in [9.17, 15) is 19.3 Å². The molecule has 2 atom stereocenters. The second kappa shape index (κ2) is 37.5. The van der Waals surface area contributed by atoms with E-state index < -0.39 is 38.6 Å². The maximum atomic E-state index is 12.4. The van der Waals surface area contributed by atoms with E-state index in [-0.39, 0.29) is 19.4 Å². The number of rotatable bonds is 35. The lowest BCUT2D eigenvalue weighted by Crippen LogP contribution is -2.29. The van der Waals surface area contributed by atoms with Crippen molar-refractivity contribution in [3.05, 3.63) is 85.1 Å². The fourth-order valence-corrected chi connectivity index (χ4v) is 5.29. The average Bonchev–Trinajstić information content (AvgIpc) is 3.12. The Morgan fingerprint density at radius 1 is 0.585 bits per heavy atom. The third kappa shape index (κ3) is 40.2. The molecule has 0 spiro atoms. The molecule has 0 aliphatic rings. The molecule has 0 aromatic carbocycles. The summed E-state index contributed by atoms with van der Waals surface area (Å²) in [5.74, 6) is -1.06. The number of aliphatic hydroxyl groups is 1. The number of carbonyl (C=O) groups excluding carboxylic acids is 2. The van der Waals surface area contributed by atoms with Gasteiger partial charge in [-0.05, 0) is 77.0 Å². The number of phosphoric ester groups is 1. The molecule has 9 nitrogen and oxygen atoms in total. The predicted molar refractivity (Wildman–Crippen MR) is 217 cm³/mol. The zero-order valence-corrected chi connectivity index (χ0v) is 33.6. The highest BCUT2D eigenvalue weighted by molar-refractivity contribution is 7.46. The smallest absolute Gasteiger partial charge is 0.462 e. The quantitative estimate of drug-likeness (QED) is 0.0189. The molecular formula is C43H71O9P. The summed E-state index contributed by atoms with van der Waals surface area (Å²) in [7, 11) is -4.80. The van der Waals surface area contributed by atoms with Crippen molar-refractivity contribution in [2.75, 3.05) is 13.2 Å². The Kier molecular flexibility index (Phi) is 35.5. The lowest BCUT2D eigenvalue weighted by atomic mass is 10.1. The third-order valence-corrected chi connectivity index (χ3v) is 8.45. The van der Waals surface area contributed by atoms with Crippen LogP contribution in [0.2, 0.25) is 0 Å². The Hall–Kier alpha value is -2.81. The number of esters is 2. The molecule has 0 unspecified atom stereocenters. The number of carbonyl (C=O) groups is 2. The van der Waals surface area contributed by atoms with E-state index in [1.807, 2.05) is 48.6 Å². The van der Waals surface area contributed by atoms with Crippen LogP contribution < -0.4 is 0 Å². The van der Waals surface area contributed by atoms with E-state index in [0.29, 0.717) is 32.1 Å². The lowest BCUT2D eigenvalue weighted by Gasteiger charge is -2.18. The first-order valence-corrected chi connectivity index (χ1v) is 21.5. The summed E-state index contributed by atoms with van der Waals surface area (Å²) < 4.78 is 26.2. The fourth-order valence-electron chi connectivity index (χ4n) is 4.93. The molecule has 0 radical (unpaired) electrons. The molecule has 0 amide bonds. The number of ether oxygens (including phenoxy) is 2. The summed E-state index contributed by atoms with van der Waals surface area (Å²) >= 11 is 0. The van der Waals surface area contributed by atoms with Gasteiger partial charge in [-0.2, -0.15) is 0 Å². The van der Waals surface area contributed by atoms with Crippen LogP contribution in [0.25, 0.3) is 0 Å². The van der Waals surface area contributed by atoms with Crippen LogP contribution in [0.3, 0.4) is 0 Å². The van der Waals surface area contributed by atoms with Gasteiger partial charge in [0.25, 0.3) is 0 Å². The van der Waals surface area contributed by atoms with Gasteiger partial charge < -0.3 is 24.4 Å². The fraction of sp³-hybridized carbons (Fsp3) is 0.628. The normalized spacial score (nSPS) is 14.0. The van der Waals surface area contributed by atoms with Crippen LogP contribution in [0, 0.1) is 0 Å². The molecule has 0 rings (SSSR count). The number of allylic oxidation sites excluding steroid dienone is 12. The summed E-state index contributed by atoms with van der Waals surface area (Å²) in [5, 5.41) is 9.99. The molecule has 0 aliphatic carbocycles. The number of hydrogen-bond acceptors (Lipinski definition) is 7. The number of phosphoric acid groups is 1. The highest BCUT2D eigenvalue weighted by Gasteiger charge is 2.22. The van der Waals surface area contributed by atoms with Crippen LogP contribution in [0.5, 0.6) is 0 Å². The van der Waals surface area contributed by atoms with E-state index in [1.165, 1.54) is 57.8 Å². The molecule has 0 bridgehead atoms. The molecule has 3 N–H and O–H groups in total. The van der Waals surface area contributed by atoms with Crippen LogP contribution in [0.1, 0.15) is 149 Å².